The first kappa shape index (κ1) is 15.7. The number of sulfone groups is 1. The summed E-state index contributed by atoms with van der Waals surface area (Å²) in [6.07, 6.45) is 1.18. The molecule has 0 aliphatic heterocycles. The minimum Gasteiger partial charge on any atom is -0.478 e. The molecule has 0 fully saturated rings. The van der Waals surface area contributed by atoms with Crippen LogP contribution in [0.3, 0.4) is 0 Å². The van der Waals surface area contributed by atoms with Crippen LogP contribution in [0.25, 0.3) is 0 Å². The lowest BCUT2D eigenvalue weighted by atomic mass is 10.2. The van der Waals surface area contributed by atoms with Gasteiger partial charge >= 0.3 is 5.97 Å². The Kier molecular flexibility index (Phi) is 4.76. The van der Waals surface area contributed by atoms with Crippen LogP contribution in [-0.4, -0.2) is 25.7 Å². The van der Waals surface area contributed by atoms with Gasteiger partial charge in [-0.1, -0.05) is 12.1 Å². The van der Waals surface area contributed by atoms with E-state index in [1.165, 1.54) is 17.6 Å². The van der Waals surface area contributed by atoms with Crippen LogP contribution >= 0.6 is 11.3 Å². The van der Waals surface area contributed by atoms with Crippen LogP contribution in [0.1, 0.15) is 20.8 Å². The molecule has 0 amide bonds. The highest BCUT2D eigenvalue weighted by Gasteiger charge is 2.07. The first-order valence-electron chi connectivity index (χ1n) is 6.16. The number of nitrogens with one attached hydrogen (secondary N) is 1. The maximum atomic E-state index is 11.3. The van der Waals surface area contributed by atoms with Crippen molar-refractivity contribution in [3.8, 4) is 0 Å². The van der Waals surface area contributed by atoms with Crippen molar-refractivity contribution in [2.45, 2.75) is 18.0 Å². The summed E-state index contributed by atoms with van der Waals surface area (Å²) in [5.41, 5.74) is 1.27. The highest BCUT2D eigenvalue weighted by atomic mass is 32.2. The van der Waals surface area contributed by atoms with Crippen LogP contribution in [0, 0.1) is 0 Å². The molecule has 1 aromatic carbocycles. The Bertz CT molecular complexity index is 733. The summed E-state index contributed by atoms with van der Waals surface area (Å²) in [6, 6.07) is 8.34. The summed E-state index contributed by atoms with van der Waals surface area (Å²) >= 11 is 1.40. The number of rotatable bonds is 6. The van der Waals surface area contributed by atoms with Gasteiger partial charge in [0.2, 0.25) is 0 Å². The Morgan fingerprint density at radius 1 is 1.24 bits per heavy atom. The van der Waals surface area contributed by atoms with Gasteiger partial charge in [-0.3, -0.25) is 0 Å². The standard InChI is InChI=1S/C14H15NO4S2/c1-21(18,19)13-4-2-10(3-5-13)7-15-8-12-6-11(9-20-12)14(16)17/h2-6,9,15H,7-8H2,1H3,(H,16,17). The van der Waals surface area contributed by atoms with Crippen LogP contribution in [0.2, 0.25) is 0 Å². The quantitative estimate of drug-likeness (QED) is 0.850. The Morgan fingerprint density at radius 2 is 1.90 bits per heavy atom. The van der Waals surface area contributed by atoms with Crippen molar-refractivity contribution in [2.24, 2.45) is 0 Å². The highest BCUT2D eigenvalue weighted by Crippen LogP contribution is 2.15. The molecule has 5 nitrogen and oxygen atoms in total. The fourth-order valence-electron chi connectivity index (χ4n) is 1.77. The summed E-state index contributed by atoms with van der Waals surface area (Å²) in [5, 5.41) is 13.6. The van der Waals surface area contributed by atoms with Gasteiger partial charge in [-0.05, 0) is 23.8 Å². The number of benzene rings is 1. The lowest BCUT2D eigenvalue weighted by molar-refractivity contribution is 0.0697. The van der Waals surface area contributed by atoms with Gasteiger partial charge in [0.05, 0.1) is 10.5 Å². The van der Waals surface area contributed by atoms with Crippen LogP contribution < -0.4 is 5.32 Å². The van der Waals surface area contributed by atoms with E-state index in [0.717, 1.165) is 10.4 Å². The zero-order valence-corrected chi connectivity index (χ0v) is 13.0. The number of hydrogen-bond acceptors (Lipinski definition) is 5. The second-order valence-corrected chi connectivity index (χ2v) is 7.64. The molecule has 2 rings (SSSR count). The first-order valence-corrected chi connectivity index (χ1v) is 8.94. The molecule has 0 aliphatic carbocycles. The molecule has 2 N–H and O–H groups in total. The SMILES string of the molecule is CS(=O)(=O)c1ccc(CNCc2cc(C(=O)O)cs2)cc1. The molecule has 21 heavy (non-hydrogen) atoms. The normalized spacial score (nSPS) is 11.5. The molecule has 0 aliphatic rings. The molecular weight excluding hydrogens is 310 g/mol. The van der Waals surface area contributed by atoms with Crippen molar-refractivity contribution in [3.05, 3.63) is 51.7 Å². The van der Waals surface area contributed by atoms with E-state index in [0.29, 0.717) is 23.5 Å². The number of aromatic carboxylic acids is 1. The van der Waals surface area contributed by atoms with Gasteiger partial charge in [-0.15, -0.1) is 11.3 Å². The summed E-state index contributed by atoms with van der Waals surface area (Å²) < 4.78 is 22.7. The Morgan fingerprint density at radius 3 is 2.43 bits per heavy atom. The van der Waals surface area contributed by atoms with Crippen molar-refractivity contribution < 1.29 is 18.3 Å². The van der Waals surface area contributed by atoms with Crippen LogP contribution in [-0.2, 0) is 22.9 Å². The first-order chi connectivity index (χ1) is 9.86. The lowest BCUT2D eigenvalue weighted by Gasteiger charge is -2.04. The van der Waals surface area contributed by atoms with E-state index in [9.17, 15) is 13.2 Å². The number of thiophene rings is 1. The van der Waals surface area contributed by atoms with E-state index in [1.54, 1.807) is 35.7 Å². The van der Waals surface area contributed by atoms with Crippen molar-refractivity contribution >= 4 is 27.1 Å². The summed E-state index contributed by atoms with van der Waals surface area (Å²) in [5.74, 6) is -0.922. The van der Waals surface area contributed by atoms with Crippen molar-refractivity contribution in [3.63, 3.8) is 0 Å². The predicted molar refractivity (Wildman–Crippen MR) is 81.4 cm³/mol. The second-order valence-electron chi connectivity index (χ2n) is 4.63. The largest absolute Gasteiger partial charge is 0.478 e. The molecule has 0 saturated carbocycles. The van der Waals surface area contributed by atoms with E-state index in [4.69, 9.17) is 5.11 Å². The maximum absolute atomic E-state index is 11.3. The fraction of sp³-hybridized carbons (Fsp3) is 0.214. The smallest absolute Gasteiger partial charge is 0.336 e. The molecule has 0 atom stereocenters. The zero-order chi connectivity index (χ0) is 15.5. The molecule has 112 valence electrons. The minimum atomic E-state index is -3.16. The van der Waals surface area contributed by atoms with Crippen molar-refractivity contribution in [1.29, 1.82) is 0 Å². The third kappa shape index (κ3) is 4.38. The van der Waals surface area contributed by atoms with Gasteiger partial charge in [0, 0.05) is 29.6 Å². The molecule has 0 radical (unpaired) electrons. The van der Waals surface area contributed by atoms with Gasteiger partial charge < -0.3 is 10.4 Å². The minimum absolute atomic E-state index is 0.300. The highest BCUT2D eigenvalue weighted by molar-refractivity contribution is 7.90. The predicted octanol–water partition coefficient (Wildman–Crippen LogP) is 2.14. The van der Waals surface area contributed by atoms with E-state index in [1.807, 2.05) is 0 Å². The molecule has 7 heteroatoms. The zero-order valence-electron chi connectivity index (χ0n) is 11.4. The van der Waals surface area contributed by atoms with E-state index in [-0.39, 0.29) is 0 Å². The van der Waals surface area contributed by atoms with E-state index >= 15 is 0 Å². The molecule has 2 aromatic rings. The summed E-state index contributed by atoms with van der Waals surface area (Å²) in [6.45, 7) is 1.16. The van der Waals surface area contributed by atoms with Gasteiger partial charge in [0.25, 0.3) is 0 Å². The summed E-state index contributed by atoms with van der Waals surface area (Å²) in [4.78, 5) is 12.0. The average Bonchev–Trinajstić information content (AvgIpc) is 2.87. The summed E-state index contributed by atoms with van der Waals surface area (Å²) in [7, 11) is -3.16. The topological polar surface area (TPSA) is 83.5 Å². The molecule has 1 aromatic heterocycles. The third-order valence-electron chi connectivity index (χ3n) is 2.88. The Labute approximate surface area is 127 Å². The van der Waals surface area contributed by atoms with Gasteiger partial charge in [0.1, 0.15) is 0 Å². The van der Waals surface area contributed by atoms with Crippen LogP contribution in [0.4, 0.5) is 0 Å². The molecule has 0 bridgehead atoms. The maximum Gasteiger partial charge on any atom is 0.336 e. The monoisotopic (exact) mass is 325 g/mol. The second kappa shape index (κ2) is 6.38. The number of carboxylic acids is 1. The molecule has 1 heterocycles. The number of hydrogen-bond donors (Lipinski definition) is 2. The number of carboxylic acid groups (broad SMARTS) is 1. The molecule has 0 spiro atoms. The average molecular weight is 325 g/mol. The third-order valence-corrected chi connectivity index (χ3v) is 4.95. The van der Waals surface area contributed by atoms with E-state index in [2.05, 4.69) is 5.32 Å². The van der Waals surface area contributed by atoms with E-state index < -0.39 is 15.8 Å². The van der Waals surface area contributed by atoms with Gasteiger partial charge in [-0.25, -0.2) is 13.2 Å². The Hall–Kier alpha value is -1.70. The van der Waals surface area contributed by atoms with Gasteiger partial charge in [-0.2, -0.15) is 0 Å². The van der Waals surface area contributed by atoms with Crippen LogP contribution in [0.15, 0.2) is 40.6 Å². The van der Waals surface area contributed by atoms with Crippen LogP contribution in [0.5, 0.6) is 0 Å². The van der Waals surface area contributed by atoms with Crippen molar-refractivity contribution in [2.75, 3.05) is 6.26 Å². The van der Waals surface area contributed by atoms with Crippen molar-refractivity contribution in [1.82, 2.24) is 5.32 Å². The Balaban J connectivity index is 1.89. The molecular formula is C14H15NO4S2. The lowest BCUT2D eigenvalue weighted by Crippen LogP contribution is -2.12. The molecule has 0 unspecified atom stereocenters. The fourth-order valence-corrected chi connectivity index (χ4v) is 3.23. The number of carbonyl (C=O) groups is 1. The van der Waals surface area contributed by atoms with Gasteiger partial charge in [0.15, 0.2) is 9.84 Å². The molecule has 0 saturated heterocycles.